The first-order valence-electron chi connectivity index (χ1n) is 5.93. The van der Waals surface area contributed by atoms with Gasteiger partial charge in [0, 0.05) is 21.3 Å². The first kappa shape index (κ1) is 15.2. The number of amides is 3. The number of hydrazine groups is 1. The van der Waals surface area contributed by atoms with Crippen molar-refractivity contribution in [3.63, 3.8) is 0 Å². The summed E-state index contributed by atoms with van der Waals surface area (Å²) in [6, 6.07) is 12.3. The van der Waals surface area contributed by atoms with Crippen LogP contribution in [0.5, 0.6) is 0 Å². The minimum absolute atomic E-state index is 0.381. The highest BCUT2D eigenvalue weighted by Gasteiger charge is 2.07. The second kappa shape index (κ2) is 6.97. The largest absolute Gasteiger partial charge is 0.337 e. The molecule has 2 aromatic rings. The molecule has 0 unspecified atom stereocenters. The van der Waals surface area contributed by atoms with E-state index in [1.807, 2.05) is 0 Å². The summed E-state index contributed by atoms with van der Waals surface area (Å²) < 4.78 is 0. The van der Waals surface area contributed by atoms with Crippen molar-refractivity contribution in [3.8, 4) is 0 Å². The molecule has 0 spiro atoms. The molecule has 0 heterocycles. The zero-order valence-electron chi connectivity index (χ0n) is 10.7. The smallest absolute Gasteiger partial charge is 0.307 e. The van der Waals surface area contributed by atoms with Crippen molar-refractivity contribution in [2.45, 2.75) is 0 Å². The normalized spacial score (nSPS) is 9.81. The molecule has 108 valence electrons. The Morgan fingerprint density at radius 2 is 1.29 bits per heavy atom. The average Bonchev–Trinajstić information content (AvgIpc) is 2.48. The molecule has 0 aliphatic heterocycles. The number of benzene rings is 2. The van der Waals surface area contributed by atoms with Crippen LogP contribution in [0.2, 0.25) is 10.0 Å². The molecule has 0 aliphatic carbocycles. The quantitative estimate of drug-likeness (QED) is 0.741. The fourth-order valence-corrected chi connectivity index (χ4v) is 1.73. The van der Waals surface area contributed by atoms with Crippen LogP contribution in [-0.4, -0.2) is 11.9 Å². The van der Waals surface area contributed by atoms with Crippen molar-refractivity contribution in [1.29, 1.82) is 0 Å². The summed E-state index contributed by atoms with van der Waals surface area (Å²) in [6.07, 6.45) is 0. The second-order valence-corrected chi connectivity index (χ2v) is 4.92. The van der Waals surface area contributed by atoms with Crippen molar-refractivity contribution in [2.24, 2.45) is 0 Å². The van der Waals surface area contributed by atoms with Crippen LogP contribution in [-0.2, 0) is 0 Å². The molecule has 3 amide bonds. The first-order chi connectivity index (χ1) is 10.0. The number of carbonyl (C=O) groups is 2. The summed E-state index contributed by atoms with van der Waals surface area (Å²) in [7, 11) is 0. The minimum Gasteiger partial charge on any atom is -0.307 e. The predicted octanol–water partition coefficient (Wildman–Crippen LogP) is 3.46. The summed E-state index contributed by atoms with van der Waals surface area (Å²) in [5, 5.41) is 3.63. The van der Waals surface area contributed by atoms with Crippen LogP contribution >= 0.6 is 23.2 Å². The topological polar surface area (TPSA) is 70.2 Å². The Hall–Kier alpha value is -2.24. The van der Waals surface area contributed by atoms with Gasteiger partial charge in [-0.3, -0.25) is 10.2 Å². The van der Waals surface area contributed by atoms with E-state index in [2.05, 4.69) is 16.2 Å². The molecule has 0 fully saturated rings. The Kier molecular flexibility index (Phi) is 5.03. The molecule has 0 aromatic heterocycles. The van der Waals surface area contributed by atoms with Gasteiger partial charge in [0.05, 0.1) is 0 Å². The molecule has 0 saturated heterocycles. The molecule has 0 saturated carbocycles. The maximum Gasteiger partial charge on any atom is 0.337 e. The van der Waals surface area contributed by atoms with Gasteiger partial charge in [0.25, 0.3) is 5.91 Å². The third-order valence-corrected chi connectivity index (χ3v) is 3.00. The van der Waals surface area contributed by atoms with Crippen molar-refractivity contribution in [2.75, 3.05) is 5.32 Å². The lowest BCUT2D eigenvalue weighted by Crippen LogP contribution is -2.43. The van der Waals surface area contributed by atoms with Gasteiger partial charge in [-0.15, -0.1) is 0 Å². The van der Waals surface area contributed by atoms with Gasteiger partial charge < -0.3 is 5.32 Å². The molecule has 0 atom stereocenters. The number of rotatable bonds is 2. The van der Waals surface area contributed by atoms with Crippen molar-refractivity contribution in [3.05, 3.63) is 64.1 Å². The Morgan fingerprint density at radius 1 is 0.762 bits per heavy atom. The number of carbonyl (C=O) groups excluding carboxylic acids is 2. The van der Waals surface area contributed by atoms with Gasteiger partial charge in [-0.2, -0.15) is 0 Å². The number of nitrogens with one attached hydrogen (secondary N) is 3. The number of hydrogen-bond donors (Lipinski definition) is 3. The molecule has 3 N–H and O–H groups in total. The third-order valence-electron chi connectivity index (χ3n) is 2.50. The van der Waals surface area contributed by atoms with E-state index in [1.165, 1.54) is 0 Å². The van der Waals surface area contributed by atoms with E-state index in [0.717, 1.165) is 0 Å². The maximum absolute atomic E-state index is 11.7. The monoisotopic (exact) mass is 323 g/mol. The lowest BCUT2D eigenvalue weighted by molar-refractivity contribution is 0.0938. The Labute approximate surface area is 131 Å². The van der Waals surface area contributed by atoms with E-state index in [0.29, 0.717) is 21.3 Å². The van der Waals surface area contributed by atoms with Gasteiger partial charge in [-0.1, -0.05) is 23.2 Å². The minimum atomic E-state index is -0.570. The zero-order valence-corrected chi connectivity index (χ0v) is 12.2. The molecular weight excluding hydrogens is 313 g/mol. The molecule has 0 bridgehead atoms. The highest BCUT2D eigenvalue weighted by Crippen LogP contribution is 2.13. The molecule has 5 nitrogen and oxygen atoms in total. The lowest BCUT2D eigenvalue weighted by Gasteiger charge is -2.09. The number of anilines is 1. The summed E-state index contributed by atoms with van der Waals surface area (Å²) >= 11 is 11.5. The number of hydrogen-bond acceptors (Lipinski definition) is 2. The fourth-order valence-electron chi connectivity index (χ4n) is 1.48. The van der Waals surface area contributed by atoms with Crippen LogP contribution in [0, 0.1) is 0 Å². The number of halogens is 2. The van der Waals surface area contributed by atoms with Crippen LogP contribution in [0.4, 0.5) is 10.5 Å². The molecule has 2 aromatic carbocycles. The van der Waals surface area contributed by atoms with Crippen molar-refractivity contribution >= 4 is 40.8 Å². The maximum atomic E-state index is 11.7. The zero-order chi connectivity index (χ0) is 15.2. The highest BCUT2D eigenvalue weighted by atomic mass is 35.5. The van der Waals surface area contributed by atoms with Crippen LogP contribution in [0.25, 0.3) is 0 Å². The van der Waals surface area contributed by atoms with Crippen LogP contribution in [0.1, 0.15) is 10.4 Å². The van der Waals surface area contributed by atoms with E-state index in [4.69, 9.17) is 23.2 Å². The van der Waals surface area contributed by atoms with E-state index in [9.17, 15) is 9.59 Å². The standard InChI is InChI=1S/C14H11Cl2N3O2/c15-10-3-1-9(2-4-10)13(20)18-19-14(21)17-12-7-5-11(16)6-8-12/h1-8H,(H,18,20)(H2,17,19,21). The molecule has 2 rings (SSSR count). The molecule has 0 aliphatic rings. The summed E-state index contributed by atoms with van der Waals surface area (Å²) in [6.45, 7) is 0. The van der Waals surface area contributed by atoms with Gasteiger partial charge in [0.1, 0.15) is 0 Å². The van der Waals surface area contributed by atoms with E-state index in [-0.39, 0.29) is 0 Å². The Morgan fingerprint density at radius 3 is 1.86 bits per heavy atom. The summed E-state index contributed by atoms with van der Waals surface area (Å²) in [4.78, 5) is 23.3. The van der Waals surface area contributed by atoms with Gasteiger partial charge >= 0.3 is 6.03 Å². The molecule has 21 heavy (non-hydrogen) atoms. The Balaban J connectivity index is 1.84. The van der Waals surface area contributed by atoms with E-state index < -0.39 is 11.9 Å². The SMILES string of the molecule is O=C(NNC(=O)c1ccc(Cl)cc1)Nc1ccc(Cl)cc1. The van der Waals surface area contributed by atoms with Crippen LogP contribution in [0.3, 0.4) is 0 Å². The van der Waals surface area contributed by atoms with Crippen LogP contribution in [0.15, 0.2) is 48.5 Å². The van der Waals surface area contributed by atoms with Gasteiger partial charge in [-0.25, -0.2) is 10.2 Å². The van der Waals surface area contributed by atoms with Crippen molar-refractivity contribution < 1.29 is 9.59 Å². The van der Waals surface area contributed by atoms with Gasteiger partial charge in [0.2, 0.25) is 0 Å². The highest BCUT2D eigenvalue weighted by molar-refractivity contribution is 6.31. The van der Waals surface area contributed by atoms with E-state index >= 15 is 0 Å². The third kappa shape index (κ3) is 4.66. The van der Waals surface area contributed by atoms with E-state index in [1.54, 1.807) is 48.5 Å². The summed E-state index contributed by atoms with van der Waals surface area (Å²) in [5.74, 6) is -0.446. The molecular formula is C14H11Cl2N3O2. The van der Waals surface area contributed by atoms with Crippen LogP contribution < -0.4 is 16.2 Å². The second-order valence-electron chi connectivity index (χ2n) is 4.05. The summed E-state index contributed by atoms with van der Waals surface area (Å²) in [5.41, 5.74) is 5.46. The van der Waals surface area contributed by atoms with Gasteiger partial charge in [-0.05, 0) is 48.5 Å². The molecule has 7 heteroatoms. The lowest BCUT2D eigenvalue weighted by atomic mass is 10.2. The fraction of sp³-hybridized carbons (Fsp3) is 0. The van der Waals surface area contributed by atoms with Gasteiger partial charge in [0.15, 0.2) is 0 Å². The first-order valence-corrected chi connectivity index (χ1v) is 6.68. The Bertz CT molecular complexity index is 642. The van der Waals surface area contributed by atoms with Crippen molar-refractivity contribution in [1.82, 2.24) is 10.9 Å². The molecule has 0 radical (unpaired) electrons. The number of urea groups is 1. The average molecular weight is 324 g/mol. The predicted molar refractivity (Wildman–Crippen MR) is 82.5 cm³/mol.